The van der Waals surface area contributed by atoms with Gasteiger partial charge in [-0.3, -0.25) is 0 Å². The second kappa shape index (κ2) is 46.7. The third-order valence-corrected chi connectivity index (χ3v) is 0. The summed E-state index contributed by atoms with van der Waals surface area (Å²) in [6.07, 6.45) is 0. The average Bonchev–Trinajstić information content (AvgIpc) is 0.811. The summed E-state index contributed by atoms with van der Waals surface area (Å²) >= 11 is -2.18. The van der Waals surface area contributed by atoms with E-state index < -0.39 is 18.2 Å². The summed E-state index contributed by atoms with van der Waals surface area (Å²) in [6, 6.07) is 0. The van der Waals surface area contributed by atoms with Crippen LogP contribution in [0.25, 0.3) is 0 Å². The van der Waals surface area contributed by atoms with Gasteiger partial charge in [0, 0.05) is 0 Å². The third kappa shape index (κ3) is 301. The van der Waals surface area contributed by atoms with Gasteiger partial charge in [-0.15, -0.1) is 0 Å². The summed E-state index contributed by atoms with van der Waals surface area (Å²) in [5.74, 6) is 0. The molecule has 0 amide bonds. The van der Waals surface area contributed by atoms with Crippen molar-refractivity contribution in [1.29, 1.82) is 0 Å². The first kappa shape index (κ1) is 62.5. The minimum atomic E-state index is -2.18. The van der Waals surface area contributed by atoms with Crippen molar-refractivity contribution in [2.75, 3.05) is 0 Å². The molecule has 0 aromatic heterocycles. The molecule has 10 heavy (non-hydrogen) atoms. The monoisotopic (exact) mass is 422 g/mol. The van der Waals surface area contributed by atoms with Gasteiger partial charge in [-0.05, 0) is 0 Å². The Balaban J connectivity index is -0.00000000300. The molecule has 0 aliphatic carbocycles. The molecule has 0 heterocycles. The fraction of sp³-hybridized carbons (Fsp3) is 0. The Kier molecular flexibility index (Phi) is 292. The first-order valence-electron chi connectivity index (χ1n) is 0.507. The number of halogens is 3. The zero-order valence-electron chi connectivity index (χ0n) is 4.58. The van der Waals surface area contributed by atoms with Crippen molar-refractivity contribution < 1.29 is 32.9 Å². The molecule has 0 aliphatic rings. The Bertz CT molecular complexity index is 17.7. The van der Waals surface area contributed by atoms with Crippen LogP contribution in [0.1, 0.15) is 0 Å². The predicted molar refractivity (Wildman–Crippen MR) is 45.0 cm³/mol. The van der Waals surface area contributed by atoms with E-state index in [0.717, 1.165) is 0 Å². The summed E-state index contributed by atoms with van der Waals surface area (Å²) in [6.45, 7) is 0. The maximum absolute atomic E-state index is 5.01. The van der Waals surface area contributed by atoms with Gasteiger partial charge in [0.1, 0.15) is 0 Å². The standard InChI is InChI=1S/Bi.3ClH.6H2O/h;3*1H;6*1H2/q+3;;;;;;;;;/p-3. The van der Waals surface area contributed by atoms with Gasteiger partial charge in [0.15, 0.2) is 0 Å². The van der Waals surface area contributed by atoms with Gasteiger partial charge in [0.2, 0.25) is 0 Å². The first-order valence-corrected chi connectivity index (χ1v) is 13.3. The summed E-state index contributed by atoms with van der Waals surface area (Å²) in [4.78, 5) is 0. The van der Waals surface area contributed by atoms with E-state index >= 15 is 0 Å². The normalized spacial score (nSPS) is 3.60. The van der Waals surface area contributed by atoms with E-state index in [0.29, 0.717) is 0 Å². The van der Waals surface area contributed by atoms with Crippen LogP contribution >= 0.6 is 25.5 Å². The Morgan fingerprint density at radius 2 is 0.500 bits per heavy atom. The number of rotatable bonds is 0. The second-order valence-electron chi connectivity index (χ2n) is 0.192. The van der Waals surface area contributed by atoms with Crippen molar-refractivity contribution in [3.8, 4) is 0 Å². The first-order chi connectivity index (χ1) is 1.73. The van der Waals surface area contributed by atoms with Crippen LogP contribution in [0.3, 0.4) is 0 Å². The van der Waals surface area contributed by atoms with Crippen LogP contribution < -0.4 is 0 Å². The zero-order chi connectivity index (χ0) is 3.58. The molecule has 0 aromatic rings. The Hall–Kier alpha value is 1.51. The third-order valence-electron chi connectivity index (χ3n) is 0. The van der Waals surface area contributed by atoms with Crippen LogP contribution in [-0.4, -0.2) is 51.0 Å². The van der Waals surface area contributed by atoms with Gasteiger partial charge in [-0.2, -0.15) is 0 Å². The van der Waals surface area contributed by atoms with Crippen LogP contribution in [-0.2, 0) is 0 Å². The number of hydrogen-bond acceptors (Lipinski definition) is 0. The summed E-state index contributed by atoms with van der Waals surface area (Å²) in [7, 11) is 15.0. The molecule has 0 spiro atoms. The van der Waals surface area contributed by atoms with E-state index in [-0.39, 0.29) is 32.9 Å². The summed E-state index contributed by atoms with van der Waals surface area (Å²) in [5.41, 5.74) is 0. The molecule has 0 bridgehead atoms. The van der Waals surface area contributed by atoms with E-state index in [9.17, 15) is 0 Å². The quantitative estimate of drug-likeness (QED) is 0.354. The fourth-order valence-corrected chi connectivity index (χ4v) is 0. The van der Waals surface area contributed by atoms with Gasteiger partial charge in [-0.25, -0.2) is 0 Å². The van der Waals surface area contributed by atoms with E-state index in [1.165, 1.54) is 0 Å². The van der Waals surface area contributed by atoms with E-state index in [4.69, 9.17) is 25.5 Å². The average molecular weight is 423 g/mol. The molecule has 0 rings (SSSR count). The van der Waals surface area contributed by atoms with Gasteiger partial charge in [0.05, 0.1) is 0 Å². The molecule has 74 valence electrons. The minimum absolute atomic E-state index is 0. The maximum atomic E-state index is 5.01. The molecular formula is H12BiCl3O6. The van der Waals surface area contributed by atoms with Crippen molar-refractivity contribution in [3.05, 3.63) is 0 Å². The molecule has 0 radical (unpaired) electrons. The van der Waals surface area contributed by atoms with Gasteiger partial charge in [-0.1, -0.05) is 0 Å². The molecule has 12 N–H and O–H groups in total. The van der Waals surface area contributed by atoms with E-state index in [1.54, 1.807) is 0 Å². The van der Waals surface area contributed by atoms with Crippen molar-refractivity contribution in [2.24, 2.45) is 0 Å². The molecule has 0 aliphatic heterocycles. The molecule has 0 saturated carbocycles. The van der Waals surface area contributed by atoms with Crippen molar-refractivity contribution in [2.45, 2.75) is 0 Å². The van der Waals surface area contributed by atoms with Crippen molar-refractivity contribution in [1.82, 2.24) is 0 Å². The molecule has 0 saturated heterocycles. The molecule has 0 aromatic carbocycles. The van der Waals surface area contributed by atoms with Crippen LogP contribution in [0.5, 0.6) is 0 Å². The van der Waals surface area contributed by atoms with E-state index in [2.05, 4.69) is 0 Å². The van der Waals surface area contributed by atoms with Gasteiger partial charge in [0.25, 0.3) is 0 Å². The van der Waals surface area contributed by atoms with E-state index in [1.807, 2.05) is 0 Å². The molecule has 0 unspecified atom stereocenters. The molecule has 10 heteroatoms. The van der Waals surface area contributed by atoms with Crippen LogP contribution in [0.2, 0.25) is 0 Å². The second-order valence-corrected chi connectivity index (χ2v) is 15.1. The fourth-order valence-electron chi connectivity index (χ4n) is 0. The Labute approximate surface area is 76.2 Å². The van der Waals surface area contributed by atoms with Crippen molar-refractivity contribution in [3.63, 3.8) is 0 Å². The summed E-state index contributed by atoms with van der Waals surface area (Å²) in [5, 5.41) is 0. The van der Waals surface area contributed by atoms with Crippen LogP contribution in [0.4, 0.5) is 0 Å². The predicted octanol–water partition coefficient (Wildman–Crippen LogP) is -3.26. The zero-order valence-corrected chi connectivity index (χ0v) is 10.3. The Morgan fingerprint density at radius 3 is 0.500 bits per heavy atom. The summed E-state index contributed by atoms with van der Waals surface area (Å²) < 4.78 is 0. The SMILES string of the molecule is O.O.O.O.O.O.[Cl][Bi]([Cl])[Cl]. The van der Waals surface area contributed by atoms with Gasteiger partial charge >= 0.3 is 43.7 Å². The molecular weight excluding hydrogens is 411 g/mol. The Morgan fingerprint density at radius 1 is 0.500 bits per heavy atom. The van der Waals surface area contributed by atoms with Crippen molar-refractivity contribution >= 4 is 43.7 Å². The molecule has 0 atom stereocenters. The van der Waals surface area contributed by atoms with Gasteiger partial charge < -0.3 is 32.9 Å². The van der Waals surface area contributed by atoms with Crippen LogP contribution in [0, 0.1) is 0 Å². The molecule has 0 fully saturated rings. The topological polar surface area (TPSA) is 189 Å². The van der Waals surface area contributed by atoms with Crippen LogP contribution in [0.15, 0.2) is 0 Å². The number of hydrogen-bond donors (Lipinski definition) is 0. The molecule has 6 nitrogen and oxygen atoms in total.